The molecule has 182 valence electrons. The predicted molar refractivity (Wildman–Crippen MR) is 97.8 cm³/mol. The molecule has 0 spiro atoms. The van der Waals surface area contributed by atoms with Crippen molar-refractivity contribution in [2.75, 3.05) is 26.3 Å². The van der Waals surface area contributed by atoms with Crippen LogP contribution in [0.4, 0.5) is 35.1 Å². The first-order chi connectivity index (χ1) is 12.6. The van der Waals surface area contributed by atoms with E-state index in [1.54, 1.807) is 27.9 Å². The molecule has 2 N–H and O–H groups in total. The standard InChI is InChI=1S/C6H14O.C4H10O.C3H3Cl2F3.C3H3F5O/c1-4-6(2)5-7-3;1-4(2,3)5;4-1-2(6)3(5,7)8;4-1-2(5,6)3(7,8)9/h6H,4-5H2,1-3H3;5H,1-3H3;2H,1H2;9H,1H2. The Labute approximate surface area is 176 Å². The van der Waals surface area contributed by atoms with Gasteiger partial charge in [-0.15, -0.1) is 11.6 Å². The van der Waals surface area contributed by atoms with Crippen molar-refractivity contribution in [3.8, 4) is 0 Å². The molecule has 0 aromatic carbocycles. The van der Waals surface area contributed by atoms with Crippen LogP contribution in [0.1, 0.15) is 41.0 Å². The first kappa shape index (κ1) is 36.3. The SMILES string of the molecule is CC(C)(C)O.CCC(C)COC.FC(CCl)C(F)(F)Cl.OC(F)(F)C(F)(F)CF. The van der Waals surface area contributed by atoms with Crippen LogP contribution in [0.15, 0.2) is 0 Å². The third-order valence-electron chi connectivity index (χ3n) is 2.25. The number of methoxy groups -OCH3 is 1. The molecule has 0 fully saturated rings. The monoisotopic (exact) mass is 492 g/mol. The second kappa shape index (κ2) is 16.6. The van der Waals surface area contributed by atoms with Crippen molar-refractivity contribution in [1.82, 2.24) is 0 Å². The second-order valence-electron chi connectivity index (χ2n) is 6.68. The molecule has 0 rings (SSSR count). The highest BCUT2D eigenvalue weighted by molar-refractivity contribution is 6.23. The predicted octanol–water partition coefficient (Wildman–Crippen LogP) is 6.03. The fraction of sp³-hybridized carbons (Fsp3) is 1.00. The third-order valence-corrected chi connectivity index (χ3v) is 2.75. The summed E-state index contributed by atoms with van der Waals surface area (Å²) in [5.74, 6) is -5.02. The van der Waals surface area contributed by atoms with E-state index in [2.05, 4.69) is 25.4 Å². The number of alkyl halides is 10. The molecule has 0 aliphatic heterocycles. The van der Waals surface area contributed by atoms with E-state index in [0.717, 1.165) is 12.5 Å². The Hall–Kier alpha value is -0.100. The van der Waals surface area contributed by atoms with E-state index in [4.69, 9.17) is 26.6 Å². The van der Waals surface area contributed by atoms with Crippen LogP contribution >= 0.6 is 23.2 Å². The molecule has 29 heavy (non-hydrogen) atoms. The van der Waals surface area contributed by atoms with E-state index in [-0.39, 0.29) is 0 Å². The molecule has 0 aliphatic carbocycles. The normalized spacial score (nSPS) is 14.3. The van der Waals surface area contributed by atoms with E-state index in [1.807, 2.05) is 0 Å². The Morgan fingerprint density at radius 2 is 1.34 bits per heavy atom. The lowest BCUT2D eigenvalue weighted by Gasteiger charge is -2.16. The van der Waals surface area contributed by atoms with Crippen LogP contribution in [0.2, 0.25) is 0 Å². The molecular formula is C16H30Cl2F8O3. The lowest BCUT2D eigenvalue weighted by molar-refractivity contribution is -0.328. The quantitative estimate of drug-likeness (QED) is 0.337. The zero-order chi connectivity index (χ0) is 24.7. The molecule has 13 heteroatoms. The van der Waals surface area contributed by atoms with Crippen LogP contribution in [-0.2, 0) is 4.74 Å². The molecule has 0 aromatic heterocycles. The van der Waals surface area contributed by atoms with E-state index in [9.17, 15) is 35.1 Å². The largest absolute Gasteiger partial charge is 0.419 e. The highest BCUT2D eigenvalue weighted by Gasteiger charge is 2.55. The van der Waals surface area contributed by atoms with Gasteiger partial charge in [-0.25, -0.2) is 8.78 Å². The van der Waals surface area contributed by atoms with Gasteiger partial charge in [-0.2, -0.15) is 26.3 Å². The maximum absolute atomic E-state index is 11.6. The summed E-state index contributed by atoms with van der Waals surface area (Å²) >= 11 is 8.89. The van der Waals surface area contributed by atoms with E-state index in [1.165, 1.54) is 6.42 Å². The van der Waals surface area contributed by atoms with Gasteiger partial charge in [0.25, 0.3) is 0 Å². The number of aliphatic hydroxyl groups is 2. The Morgan fingerprint density at radius 1 is 1.00 bits per heavy atom. The summed E-state index contributed by atoms with van der Waals surface area (Å²) in [6.45, 7) is 7.91. The van der Waals surface area contributed by atoms with Gasteiger partial charge >= 0.3 is 17.4 Å². The van der Waals surface area contributed by atoms with Gasteiger partial charge in [-0.3, -0.25) is 0 Å². The van der Waals surface area contributed by atoms with Gasteiger partial charge in [0.2, 0.25) is 0 Å². The van der Waals surface area contributed by atoms with Gasteiger partial charge in [0.15, 0.2) is 12.8 Å². The summed E-state index contributed by atoms with van der Waals surface area (Å²) in [7, 11) is 1.74. The maximum Gasteiger partial charge on any atom is 0.419 e. The highest BCUT2D eigenvalue weighted by atomic mass is 35.5. The third kappa shape index (κ3) is 30.2. The smallest absolute Gasteiger partial charge is 0.391 e. The lowest BCUT2D eigenvalue weighted by atomic mass is 10.1. The molecule has 0 amide bonds. The van der Waals surface area contributed by atoms with Gasteiger partial charge in [0.1, 0.15) is 0 Å². The molecule has 0 bridgehead atoms. The van der Waals surface area contributed by atoms with Gasteiger partial charge in [-0.05, 0) is 38.3 Å². The average molecular weight is 493 g/mol. The van der Waals surface area contributed by atoms with Crippen LogP contribution in [0.25, 0.3) is 0 Å². The Kier molecular flexibility index (Phi) is 20.7. The summed E-state index contributed by atoms with van der Waals surface area (Å²) in [4.78, 5) is 0. The average Bonchev–Trinajstić information content (AvgIpc) is 2.51. The molecule has 2 atom stereocenters. The van der Waals surface area contributed by atoms with Crippen molar-refractivity contribution in [2.45, 2.75) is 70.2 Å². The van der Waals surface area contributed by atoms with Crippen LogP contribution in [0.5, 0.6) is 0 Å². The van der Waals surface area contributed by atoms with Crippen molar-refractivity contribution in [1.29, 1.82) is 0 Å². The lowest BCUT2D eigenvalue weighted by Crippen LogP contribution is -2.41. The molecule has 0 radical (unpaired) electrons. The van der Waals surface area contributed by atoms with E-state index >= 15 is 0 Å². The molecule has 0 saturated heterocycles. The first-order valence-corrected chi connectivity index (χ1v) is 9.03. The zero-order valence-electron chi connectivity index (χ0n) is 17.1. The van der Waals surface area contributed by atoms with Crippen molar-refractivity contribution < 1.29 is 50.1 Å². The van der Waals surface area contributed by atoms with Crippen molar-refractivity contribution in [2.24, 2.45) is 5.92 Å². The van der Waals surface area contributed by atoms with E-state index in [0.29, 0.717) is 0 Å². The minimum absolute atomic E-state index is 0.500. The Bertz CT molecular complexity index is 367. The summed E-state index contributed by atoms with van der Waals surface area (Å²) < 4.78 is 94.9. The van der Waals surface area contributed by atoms with Crippen molar-refractivity contribution in [3.05, 3.63) is 0 Å². The van der Waals surface area contributed by atoms with Crippen molar-refractivity contribution in [3.63, 3.8) is 0 Å². The maximum atomic E-state index is 11.6. The number of hydrogen-bond donors (Lipinski definition) is 2. The summed E-state index contributed by atoms with van der Waals surface area (Å²) in [6.07, 6.45) is -6.50. The van der Waals surface area contributed by atoms with E-state index < -0.39 is 41.7 Å². The van der Waals surface area contributed by atoms with Gasteiger partial charge < -0.3 is 14.9 Å². The highest BCUT2D eigenvalue weighted by Crippen LogP contribution is 2.31. The van der Waals surface area contributed by atoms with Crippen LogP contribution in [-0.4, -0.2) is 65.7 Å². The van der Waals surface area contributed by atoms with Gasteiger partial charge in [0, 0.05) is 13.7 Å². The molecule has 3 nitrogen and oxygen atoms in total. The number of hydrogen-bond acceptors (Lipinski definition) is 3. The minimum Gasteiger partial charge on any atom is -0.391 e. The first-order valence-electron chi connectivity index (χ1n) is 8.12. The van der Waals surface area contributed by atoms with Gasteiger partial charge in [-0.1, -0.05) is 20.3 Å². The number of rotatable bonds is 7. The molecule has 0 saturated carbocycles. The molecule has 0 aromatic rings. The van der Waals surface area contributed by atoms with Crippen LogP contribution in [0.3, 0.4) is 0 Å². The Balaban J connectivity index is -0.000000147. The molecular weight excluding hydrogens is 463 g/mol. The topological polar surface area (TPSA) is 49.7 Å². The van der Waals surface area contributed by atoms with Crippen LogP contribution in [0, 0.1) is 5.92 Å². The second-order valence-corrected chi connectivity index (χ2v) is 7.49. The minimum atomic E-state index is -5.26. The number of ether oxygens (including phenoxy) is 1. The van der Waals surface area contributed by atoms with Crippen LogP contribution < -0.4 is 0 Å². The fourth-order valence-electron chi connectivity index (χ4n) is 0.570. The van der Waals surface area contributed by atoms with Crippen molar-refractivity contribution >= 4 is 23.2 Å². The Morgan fingerprint density at radius 3 is 1.38 bits per heavy atom. The zero-order valence-corrected chi connectivity index (χ0v) is 18.6. The molecule has 2 unspecified atom stereocenters. The van der Waals surface area contributed by atoms with Gasteiger partial charge in [0.05, 0.1) is 11.5 Å². The fourth-order valence-corrected chi connectivity index (χ4v) is 0.920. The molecule has 0 aliphatic rings. The summed E-state index contributed by atoms with van der Waals surface area (Å²) in [5, 5.41) is 11.9. The summed E-state index contributed by atoms with van der Waals surface area (Å²) in [5.41, 5.74) is -0.500. The summed E-state index contributed by atoms with van der Waals surface area (Å²) in [6, 6.07) is 0. The number of halogens is 10. The molecule has 0 heterocycles.